The first-order valence-electron chi connectivity index (χ1n) is 6.41. The third-order valence-corrected chi connectivity index (χ3v) is 4.74. The zero-order chi connectivity index (χ0) is 17.0. The lowest BCUT2D eigenvalue weighted by Gasteiger charge is -2.10. The molecule has 23 heavy (non-hydrogen) atoms. The van der Waals surface area contributed by atoms with Gasteiger partial charge in [-0.25, -0.2) is 26.7 Å². The molecule has 0 bridgehead atoms. The smallest absolute Gasteiger partial charge is 0.238 e. The van der Waals surface area contributed by atoms with Gasteiger partial charge in [0.15, 0.2) is 11.6 Å². The number of anilines is 1. The quantitative estimate of drug-likeness (QED) is 0.612. The summed E-state index contributed by atoms with van der Waals surface area (Å²) >= 11 is 1.38. The fraction of sp³-hybridized carbons (Fsp3) is 0.143. The molecule has 0 heterocycles. The molecule has 0 atom stereocenters. The van der Waals surface area contributed by atoms with Crippen LogP contribution in [0.5, 0.6) is 0 Å². The summed E-state index contributed by atoms with van der Waals surface area (Å²) < 4.78 is 62.4. The molecule has 3 N–H and O–H groups in total. The zero-order valence-corrected chi connectivity index (χ0v) is 13.4. The summed E-state index contributed by atoms with van der Waals surface area (Å²) in [5, 5.41) is 7.39. The topological polar surface area (TPSA) is 72.2 Å². The predicted octanol–water partition coefficient (Wildman–Crippen LogP) is 2.96. The molecule has 0 aromatic heterocycles. The number of halogens is 3. The molecule has 0 amide bonds. The van der Waals surface area contributed by atoms with Crippen LogP contribution in [0.25, 0.3) is 0 Å². The molecule has 2 aromatic rings. The van der Waals surface area contributed by atoms with Crippen molar-refractivity contribution >= 4 is 27.5 Å². The highest BCUT2D eigenvalue weighted by Gasteiger charge is 2.16. The van der Waals surface area contributed by atoms with Crippen molar-refractivity contribution in [3.8, 4) is 0 Å². The lowest BCUT2D eigenvalue weighted by Crippen LogP contribution is -2.14. The second-order valence-electron chi connectivity index (χ2n) is 4.54. The van der Waals surface area contributed by atoms with Gasteiger partial charge in [0, 0.05) is 17.2 Å². The first kappa shape index (κ1) is 17.6. The van der Waals surface area contributed by atoms with Crippen LogP contribution in [0.4, 0.5) is 18.9 Å². The molecule has 0 fully saturated rings. The van der Waals surface area contributed by atoms with Crippen LogP contribution in [0.1, 0.15) is 0 Å². The van der Waals surface area contributed by atoms with Crippen molar-refractivity contribution in [3.05, 3.63) is 53.8 Å². The van der Waals surface area contributed by atoms with E-state index in [1.807, 2.05) is 0 Å². The monoisotopic (exact) mass is 362 g/mol. The van der Waals surface area contributed by atoms with Gasteiger partial charge in [-0.15, -0.1) is 11.8 Å². The fourth-order valence-electron chi connectivity index (χ4n) is 1.76. The van der Waals surface area contributed by atoms with Crippen molar-refractivity contribution in [3.63, 3.8) is 0 Å². The Labute approximate surface area is 135 Å². The van der Waals surface area contributed by atoms with Gasteiger partial charge in [0.05, 0.1) is 4.90 Å². The van der Waals surface area contributed by atoms with E-state index in [0.29, 0.717) is 17.9 Å². The standard InChI is InChI=1S/C14H13F3N2O2S2/c15-9-1-3-10(4-2-9)22-6-5-19-14-12(16)7-11(8-13(14)17)23(18,20)21/h1-4,7-8,19H,5-6H2,(H2,18,20,21). The van der Waals surface area contributed by atoms with Gasteiger partial charge in [0.2, 0.25) is 10.0 Å². The number of sulfonamides is 1. The molecule has 0 spiro atoms. The zero-order valence-electron chi connectivity index (χ0n) is 11.7. The van der Waals surface area contributed by atoms with Crippen molar-refractivity contribution in [2.24, 2.45) is 5.14 Å². The van der Waals surface area contributed by atoms with E-state index in [0.717, 1.165) is 4.90 Å². The molecular weight excluding hydrogens is 349 g/mol. The predicted molar refractivity (Wildman–Crippen MR) is 83.3 cm³/mol. The maximum absolute atomic E-state index is 13.8. The van der Waals surface area contributed by atoms with Crippen LogP contribution in [0, 0.1) is 17.5 Å². The molecular formula is C14H13F3N2O2S2. The van der Waals surface area contributed by atoms with E-state index in [1.54, 1.807) is 12.1 Å². The molecule has 0 saturated carbocycles. The van der Waals surface area contributed by atoms with E-state index >= 15 is 0 Å². The lowest BCUT2D eigenvalue weighted by atomic mass is 10.3. The Morgan fingerprint density at radius 3 is 2.13 bits per heavy atom. The summed E-state index contributed by atoms with van der Waals surface area (Å²) in [6.45, 7) is 0.227. The van der Waals surface area contributed by atoms with Gasteiger partial charge in [-0.3, -0.25) is 0 Å². The third-order valence-electron chi connectivity index (χ3n) is 2.83. The summed E-state index contributed by atoms with van der Waals surface area (Å²) in [6, 6.07) is 7.16. The second kappa shape index (κ2) is 7.24. The number of rotatable bonds is 6. The van der Waals surface area contributed by atoms with Crippen LogP contribution >= 0.6 is 11.8 Å². The summed E-state index contributed by atoms with van der Waals surface area (Å²) in [5.74, 6) is -1.95. The van der Waals surface area contributed by atoms with E-state index in [4.69, 9.17) is 5.14 Å². The number of thioether (sulfide) groups is 1. The first-order valence-corrected chi connectivity index (χ1v) is 8.94. The van der Waals surface area contributed by atoms with E-state index < -0.39 is 32.2 Å². The number of hydrogen-bond acceptors (Lipinski definition) is 4. The number of primary sulfonamides is 1. The Morgan fingerprint density at radius 2 is 1.61 bits per heavy atom. The molecule has 0 aliphatic heterocycles. The van der Waals surface area contributed by atoms with Gasteiger partial charge in [-0.05, 0) is 36.4 Å². The van der Waals surface area contributed by atoms with Crippen molar-refractivity contribution < 1.29 is 21.6 Å². The van der Waals surface area contributed by atoms with Crippen molar-refractivity contribution in [1.82, 2.24) is 0 Å². The van der Waals surface area contributed by atoms with Crippen LogP contribution in [-0.4, -0.2) is 20.7 Å². The first-order chi connectivity index (χ1) is 10.8. The van der Waals surface area contributed by atoms with Crippen LogP contribution in [0.3, 0.4) is 0 Å². The lowest BCUT2D eigenvalue weighted by molar-refractivity contribution is 0.571. The molecule has 0 radical (unpaired) electrons. The van der Waals surface area contributed by atoms with Gasteiger partial charge in [0.1, 0.15) is 11.5 Å². The van der Waals surface area contributed by atoms with Gasteiger partial charge >= 0.3 is 0 Å². The fourth-order valence-corrected chi connectivity index (χ4v) is 3.06. The van der Waals surface area contributed by atoms with Crippen LogP contribution in [0.15, 0.2) is 46.2 Å². The summed E-state index contributed by atoms with van der Waals surface area (Å²) in [6.07, 6.45) is 0. The van der Waals surface area contributed by atoms with Crippen LogP contribution < -0.4 is 10.5 Å². The molecule has 0 saturated heterocycles. The Bertz CT molecular complexity index is 773. The average Bonchev–Trinajstić information content (AvgIpc) is 2.46. The maximum Gasteiger partial charge on any atom is 0.238 e. The molecule has 124 valence electrons. The highest BCUT2D eigenvalue weighted by molar-refractivity contribution is 7.99. The second-order valence-corrected chi connectivity index (χ2v) is 7.27. The Kier molecular flexibility index (Phi) is 5.55. The van der Waals surface area contributed by atoms with Gasteiger partial charge in [0.25, 0.3) is 0 Å². The van der Waals surface area contributed by atoms with E-state index in [2.05, 4.69) is 5.32 Å². The van der Waals surface area contributed by atoms with E-state index in [9.17, 15) is 21.6 Å². The minimum absolute atomic E-state index is 0.227. The maximum atomic E-state index is 13.8. The van der Waals surface area contributed by atoms with Crippen LogP contribution in [0.2, 0.25) is 0 Å². The van der Waals surface area contributed by atoms with E-state index in [-0.39, 0.29) is 12.4 Å². The highest BCUT2D eigenvalue weighted by atomic mass is 32.2. The third kappa shape index (κ3) is 4.88. The van der Waals surface area contributed by atoms with Gasteiger partial charge < -0.3 is 5.32 Å². The number of benzene rings is 2. The number of nitrogens with two attached hydrogens (primary N) is 1. The van der Waals surface area contributed by atoms with Crippen molar-refractivity contribution in [2.45, 2.75) is 9.79 Å². The van der Waals surface area contributed by atoms with E-state index in [1.165, 1.54) is 23.9 Å². The molecule has 0 aliphatic rings. The summed E-state index contributed by atoms with van der Waals surface area (Å²) in [4.78, 5) is 0.192. The van der Waals surface area contributed by atoms with Crippen molar-refractivity contribution in [2.75, 3.05) is 17.6 Å². The Hall–Kier alpha value is -1.71. The number of hydrogen-bond donors (Lipinski definition) is 2. The Morgan fingerprint density at radius 1 is 1.04 bits per heavy atom. The minimum atomic E-state index is -4.17. The highest BCUT2D eigenvalue weighted by Crippen LogP contribution is 2.23. The van der Waals surface area contributed by atoms with Gasteiger partial charge in [-0.1, -0.05) is 0 Å². The SMILES string of the molecule is NS(=O)(=O)c1cc(F)c(NCCSc2ccc(F)cc2)c(F)c1. The number of nitrogens with one attached hydrogen (secondary N) is 1. The van der Waals surface area contributed by atoms with Crippen molar-refractivity contribution in [1.29, 1.82) is 0 Å². The normalized spacial score (nSPS) is 11.5. The minimum Gasteiger partial charge on any atom is -0.379 e. The average molecular weight is 362 g/mol. The van der Waals surface area contributed by atoms with Gasteiger partial charge in [-0.2, -0.15) is 0 Å². The largest absolute Gasteiger partial charge is 0.379 e. The molecule has 0 unspecified atom stereocenters. The summed E-state index contributed by atoms with van der Waals surface area (Å²) in [5.41, 5.74) is -0.419. The molecule has 2 aromatic carbocycles. The molecule has 4 nitrogen and oxygen atoms in total. The molecule has 9 heteroatoms. The van der Waals surface area contributed by atoms with Crippen LogP contribution in [-0.2, 0) is 10.0 Å². The molecule has 0 aliphatic carbocycles. The Balaban J connectivity index is 1.97. The molecule has 2 rings (SSSR count). The summed E-state index contributed by atoms with van der Waals surface area (Å²) in [7, 11) is -4.17.